The van der Waals surface area contributed by atoms with Crippen LogP contribution < -0.4 is 11.4 Å². The lowest BCUT2D eigenvalue weighted by molar-refractivity contribution is 0.660. The topological polar surface area (TPSA) is 76.7 Å². The Labute approximate surface area is 121 Å². The van der Waals surface area contributed by atoms with Crippen LogP contribution >= 0.6 is 11.8 Å². The number of hydrogen-bond acceptors (Lipinski definition) is 4. The van der Waals surface area contributed by atoms with Crippen molar-refractivity contribution in [2.75, 3.05) is 6.54 Å². The fraction of sp³-hybridized carbons (Fsp3) is 0.286. The van der Waals surface area contributed by atoms with Crippen molar-refractivity contribution in [1.29, 1.82) is 0 Å². The maximum absolute atomic E-state index is 11.5. The molecule has 2 rings (SSSR count). The van der Waals surface area contributed by atoms with Crippen LogP contribution in [-0.4, -0.2) is 21.3 Å². The Bertz CT molecular complexity index is 693. The molecule has 0 aliphatic heterocycles. The molecule has 6 heteroatoms. The quantitative estimate of drug-likeness (QED) is 0.654. The van der Waals surface area contributed by atoms with Crippen molar-refractivity contribution >= 4 is 11.8 Å². The molecule has 104 valence electrons. The van der Waals surface area contributed by atoms with Gasteiger partial charge in [0.15, 0.2) is 5.16 Å². The van der Waals surface area contributed by atoms with Gasteiger partial charge in [0.25, 0.3) is 0 Å². The molecule has 0 saturated carbocycles. The molecule has 0 fully saturated rings. The van der Waals surface area contributed by atoms with Gasteiger partial charge in [0, 0.05) is 17.9 Å². The van der Waals surface area contributed by atoms with Crippen LogP contribution in [0.25, 0.3) is 0 Å². The largest absolute Gasteiger partial charge is 0.343 e. The Morgan fingerprint density at radius 2 is 2.25 bits per heavy atom. The summed E-state index contributed by atoms with van der Waals surface area (Å²) in [4.78, 5) is 11.5. The highest BCUT2D eigenvalue weighted by Crippen LogP contribution is 2.21. The third kappa shape index (κ3) is 3.32. The van der Waals surface area contributed by atoms with Gasteiger partial charge in [-0.15, -0.1) is 5.10 Å². The number of aromatic amines is 1. The number of nitrogens with two attached hydrogens (primary N) is 1. The fourth-order valence-corrected chi connectivity index (χ4v) is 2.76. The minimum absolute atomic E-state index is 0.175. The number of nitrogens with zero attached hydrogens (tertiary/aromatic N) is 2. The summed E-state index contributed by atoms with van der Waals surface area (Å²) < 4.78 is 1.61. The Balaban J connectivity index is 2.17. The van der Waals surface area contributed by atoms with Crippen LogP contribution in [0.3, 0.4) is 0 Å². The van der Waals surface area contributed by atoms with Crippen LogP contribution in [0, 0.1) is 11.8 Å². The minimum Gasteiger partial charge on any atom is -0.320 e. The van der Waals surface area contributed by atoms with E-state index in [1.165, 1.54) is 11.8 Å². The standard InChI is InChI=1S/C14H16N4OS/c1-2-18-13(19)16-17-14(18)20-10-12-7-4-3-6-11(12)8-5-9-15/h3-4,6-7H,2,9-10,15H2,1H3,(H,16,19). The van der Waals surface area contributed by atoms with Crippen LogP contribution in [0.5, 0.6) is 0 Å². The van der Waals surface area contributed by atoms with E-state index in [0.29, 0.717) is 24.0 Å². The molecule has 2 aromatic rings. The second-order valence-corrected chi connectivity index (χ2v) is 4.95. The number of rotatable bonds is 4. The summed E-state index contributed by atoms with van der Waals surface area (Å²) >= 11 is 1.51. The minimum atomic E-state index is -0.175. The average molecular weight is 288 g/mol. The second-order valence-electron chi connectivity index (χ2n) is 4.01. The first-order valence-corrected chi connectivity index (χ1v) is 7.29. The molecule has 0 spiro atoms. The number of hydrogen-bond donors (Lipinski definition) is 2. The number of benzene rings is 1. The maximum atomic E-state index is 11.5. The van der Waals surface area contributed by atoms with Crippen molar-refractivity contribution < 1.29 is 0 Å². The molecule has 0 amide bonds. The molecule has 0 saturated heterocycles. The van der Waals surface area contributed by atoms with E-state index < -0.39 is 0 Å². The van der Waals surface area contributed by atoms with Crippen molar-refractivity contribution in [3.05, 3.63) is 45.9 Å². The molecule has 0 radical (unpaired) electrons. The summed E-state index contributed by atoms with van der Waals surface area (Å²) in [6, 6.07) is 7.91. The lowest BCUT2D eigenvalue weighted by Gasteiger charge is -2.04. The zero-order valence-corrected chi connectivity index (χ0v) is 12.0. The van der Waals surface area contributed by atoms with Crippen LogP contribution in [0.1, 0.15) is 18.1 Å². The van der Waals surface area contributed by atoms with E-state index >= 15 is 0 Å². The molecule has 1 aromatic carbocycles. The zero-order valence-electron chi connectivity index (χ0n) is 11.2. The summed E-state index contributed by atoms with van der Waals surface area (Å²) in [7, 11) is 0. The van der Waals surface area contributed by atoms with Crippen molar-refractivity contribution in [3.63, 3.8) is 0 Å². The molecule has 5 nitrogen and oxygen atoms in total. The van der Waals surface area contributed by atoms with Crippen molar-refractivity contribution in [2.24, 2.45) is 5.73 Å². The fourth-order valence-electron chi connectivity index (χ4n) is 1.75. The van der Waals surface area contributed by atoms with Gasteiger partial charge in [0.1, 0.15) is 0 Å². The van der Waals surface area contributed by atoms with E-state index in [1.54, 1.807) is 4.57 Å². The summed E-state index contributed by atoms with van der Waals surface area (Å²) in [5.74, 6) is 6.63. The average Bonchev–Trinajstić information content (AvgIpc) is 2.83. The Morgan fingerprint density at radius 3 is 3.00 bits per heavy atom. The highest BCUT2D eigenvalue weighted by Gasteiger charge is 2.08. The van der Waals surface area contributed by atoms with E-state index in [2.05, 4.69) is 22.0 Å². The number of H-pyrrole nitrogens is 1. The molecule has 0 aliphatic rings. The lowest BCUT2D eigenvalue weighted by Crippen LogP contribution is -2.16. The predicted molar refractivity (Wildman–Crippen MR) is 80.5 cm³/mol. The highest BCUT2D eigenvalue weighted by atomic mass is 32.2. The summed E-state index contributed by atoms with van der Waals surface area (Å²) in [6.45, 7) is 2.87. The van der Waals surface area contributed by atoms with Gasteiger partial charge in [-0.2, -0.15) is 0 Å². The highest BCUT2D eigenvalue weighted by molar-refractivity contribution is 7.98. The normalized spacial score (nSPS) is 10.1. The predicted octanol–water partition coefficient (Wildman–Crippen LogP) is 1.19. The number of thioether (sulfide) groups is 1. The van der Waals surface area contributed by atoms with E-state index in [-0.39, 0.29) is 5.69 Å². The van der Waals surface area contributed by atoms with Crippen LogP contribution in [-0.2, 0) is 12.3 Å². The smallest absolute Gasteiger partial charge is 0.320 e. The SMILES string of the molecule is CCn1c(SCc2ccccc2C#CCN)n[nH]c1=O. The van der Waals surface area contributed by atoms with Crippen LogP contribution in [0.4, 0.5) is 0 Å². The van der Waals surface area contributed by atoms with E-state index in [1.807, 2.05) is 31.2 Å². The second kappa shape index (κ2) is 6.98. The summed E-state index contributed by atoms with van der Waals surface area (Å²) in [6.07, 6.45) is 0. The molecule has 0 aliphatic carbocycles. The van der Waals surface area contributed by atoms with Gasteiger partial charge < -0.3 is 5.73 Å². The monoisotopic (exact) mass is 288 g/mol. The first kappa shape index (κ1) is 14.4. The van der Waals surface area contributed by atoms with Crippen molar-refractivity contribution in [1.82, 2.24) is 14.8 Å². The van der Waals surface area contributed by atoms with Crippen molar-refractivity contribution in [3.8, 4) is 11.8 Å². The number of nitrogens with one attached hydrogen (secondary N) is 1. The maximum Gasteiger partial charge on any atom is 0.343 e. The van der Waals surface area contributed by atoms with Gasteiger partial charge in [0.2, 0.25) is 0 Å². The molecule has 0 bridgehead atoms. The van der Waals surface area contributed by atoms with Gasteiger partial charge in [-0.25, -0.2) is 9.89 Å². The Kier molecular flexibility index (Phi) is 5.04. The van der Waals surface area contributed by atoms with Gasteiger partial charge >= 0.3 is 5.69 Å². The molecule has 20 heavy (non-hydrogen) atoms. The van der Waals surface area contributed by atoms with E-state index in [4.69, 9.17) is 5.73 Å². The molecule has 1 aromatic heterocycles. The third-order valence-corrected chi connectivity index (χ3v) is 3.76. The van der Waals surface area contributed by atoms with Gasteiger partial charge in [-0.1, -0.05) is 41.8 Å². The van der Waals surface area contributed by atoms with Gasteiger partial charge in [0.05, 0.1) is 6.54 Å². The summed E-state index contributed by atoms with van der Waals surface area (Å²) in [5, 5.41) is 7.18. The van der Waals surface area contributed by atoms with Gasteiger partial charge in [-0.3, -0.25) is 4.57 Å². The third-order valence-electron chi connectivity index (χ3n) is 2.74. The lowest BCUT2D eigenvalue weighted by atomic mass is 10.1. The van der Waals surface area contributed by atoms with Gasteiger partial charge in [-0.05, 0) is 18.6 Å². The zero-order chi connectivity index (χ0) is 14.4. The van der Waals surface area contributed by atoms with E-state index in [9.17, 15) is 4.79 Å². The van der Waals surface area contributed by atoms with Crippen LogP contribution in [0.15, 0.2) is 34.2 Å². The summed E-state index contributed by atoms with van der Waals surface area (Å²) in [5.41, 5.74) is 7.30. The molecular weight excluding hydrogens is 272 g/mol. The molecule has 3 N–H and O–H groups in total. The number of aromatic nitrogens is 3. The van der Waals surface area contributed by atoms with E-state index in [0.717, 1.165) is 11.1 Å². The Morgan fingerprint density at radius 1 is 1.45 bits per heavy atom. The first-order chi connectivity index (χ1) is 9.76. The first-order valence-electron chi connectivity index (χ1n) is 6.31. The Hall–Kier alpha value is -1.97. The van der Waals surface area contributed by atoms with Crippen molar-refractivity contribution in [2.45, 2.75) is 24.4 Å². The van der Waals surface area contributed by atoms with Crippen LogP contribution in [0.2, 0.25) is 0 Å². The molecule has 0 unspecified atom stereocenters. The molecule has 0 atom stereocenters. The molecular formula is C14H16N4OS. The molecule has 1 heterocycles.